The highest BCUT2D eigenvalue weighted by Crippen LogP contribution is 2.36. The summed E-state index contributed by atoms with van der Waals surface area (Å²) in [5, 5.41) is 1.12. The van der Waals surface area contributed by atoms with Gasteiger partial charge in [0.05, 0.1) is 0 Å². The molecular weight excluding hydrogens is 541 g/mol. The number of benzene rings is 2. The highest BCUT2D eigenvalue weighted by Gasteiger charge is 2.23. The van der Waals surface area contributed by atoms with Crippen molar-refractivity contribution in [3.63, 3.8) is 0 Å². The van der Waals surface area contributed by atoms with Crippen LogP contribution in [0.25, 0.3) is 11.1 Å². The molecule has 0 saturated carbocycles. The van der Waals surface area contributed by atoms with Crippen molar-refractivity contribution < 1.29 is 17.9 Å². The van der Waals surface area contributed by atoms with Gasteiger partial charge in [0.1, 0.15) is 12.8 Å². The smallest absolute Gasteiger partial charge is 0.190 e. The maximum Gasteiger partial charge on any atom is 0.190 e. The average molecular weight is 584 g/mol. The minimum Gasteiger partial charge on any atom is -0.485 e. The first kappa shape index (κ1) is 29.3. The fourth-order valence-corrected chi connectivity index (χ4v) is 9.23. The highest BCUT2D eigenvalue weighted by molar-refractivity contribution is 9.09. The number of hydrogen-bond donors (Lipinski definition) is 0. The molecule has 0 amide bonds. The zero-order chi connectivity index (χ0) is 25.8. The third-order valence-electron chi connectivity index (χ3n) is 7.59. The van der Waals surface area contributed by atoms with Crippen molar-refractivity contribution in [1.29, 1.82) is 0 Å². The zero-order valence-corrected chi connectivity index (χ0v) is 24.5. The van der Waals surface area contributed by atoms with E-state index in [1.165, 1.54) is 61.5 Å². The Morgan fingerprint density at radius 3 is 2.22 bits per heavy atom. The van der Waals surface area contributed by atoms with Crippen LogP contribution in [-0.2, 0) is 0 Å². The molecule has 1 nitrogen and oxygen atoms in total. The molecular formula is C30H42BrF3OSi. The first-order chi connectivity index (χ1) is 17.5. The molecule has 1 saturated heterocycles. The number of alkyl halides is 2. The largest absolute Gasteiger partial charge is 0.485 e. The molecule has 0 N–H and O–H groups in total. The maximum atomic E-state index is 14.7. The molecule has 1 unspecified atom stereocenters. The zero-order valence-electron chi connectivity index (χ0n) is 21.7. The van der Waals surface area contributed by atoms with E-state index in [0.29, 0.717) is 17.9 Å². The van der Waals surface area contributed by atoms with Crippen molar-refractivity contribution in [3.8, 4) is 16.9 Å². The van der Waals surface area contributed by atoms with E-state index in [1.54, 1.807) is 0 Å². The monoisotopic (exact) mass is 582 g/mol. The van der Waals surface area contributed by atoms with Crippen LogP contribution in [-0.4, -0.2) is 26.9 Å². The number of rotatable bonds is 15. The summed E-state index contributed by atoms with van der Waals surface area (Å²) in [6.07, 6.45) is 9.47. The van der Waals surface area contributed by atoms with Gasteiger partial charge in [-0.15, -0.1) is 0 Å². The quantitative estimate of drug-likeness (QED) is 0.115. The molecule has 2 aromatic rings. The molecule has 1 aliphatic rings. The fraction of sp³-hybridized carbons (Fsp3) is 0.600. The molecule has 1 heterocycles. The standard InChI is InChI=1S/C30H42BrF3OSi/c1-2-3-4-5-6-9-27(32)22-35-30-28(33)20-26(21-29(30)34)24-12-10-23(11-13-24)25-14-18-36(19-15-25)17-8-7-16-31/h10-13,20-21,25,27,36H,2-9,14-19,22H2,1H3. The number of hydrogen-bond acceptors (Lipinski definition) is 1. The van der Waals surface area contributed by atoms with Gasteiger partial charge in [0.2, 0.25) is 0 Å². The minimum absolute atomic E-state index is 0.322. The van der Waals surface area contributed by atoms with Crippen molar-refractivity contribution in [2.45, 2.75) is 101 Å². The van der Waals surface area contributed by atoms with Crippen molar-refractivity contribution in [2.24, 2.45) is 0 Å². The van der Waals surface area contributed by atoms with Gasteiger partial charge >= 0.3 is 0 Å². The predicted molar refractivity (Wildman–Crippen MR) is 152 cm³/mol. The first-order valence-electron chi connectivity index (χ1n) is 13.9. The first-order valence-corrected chi connectivity index (χ1v) is 17.5. The van der Waals surface area contributed by atoms with Gasteiger partial charge < -0.3 is 4.74 Å². The van der Waals surface area contributed by atoms with Gasteiger partial charge in [0, 0.05) is 14.1 Å². The van der Waals surface area contributed by atoms with Crippen molar-refractivity contribution >= 4 is 24.7 Å². The second-order valence-electron chi connectivity index (χ2n) is 10.4. The van der Waals surface area contributed by atoms with Crippen LogP contribution < -0.4 is 4.74 Å². The Kier molecular flexibility index (Phi) is 12.9. The van der Waals surface area contributed by atoms with Gasteiger partial charge in [-0.05, 0) is 60.4 Å². The molecule has 0 bridgehead atoms. The lowest BCUT2D eigenvalue weighted by molar-refractivity contribution is 0.173. The van der Waals surface area contributed by atoms with Crippen LogP contribution in [0, 0.1) is 11.6 Å². The molecule has 0 radical (unpaired) electrons. The Balaban J connectivity index is 1.51. The number of halogens is 4. The molecule has 36 heavy (non-hydrogen) atoms. The van der Waals surface area contributed by atoms with Crippen LogP contribution >= 0.6 is 15.9 Å². The van der Waals surface area contributed by atoms with E-state index in [1.807, 2.05) is 12.1 Å². The minimum atomic E-state index is -1.22. The third kappa shape index (κ3) is 9.23. The summed E-state index contributed by atoms with van der Waals surface area (Å²) in [6, 6.07) is 15.0. The lowest BCUT2D eigenvalue weighted by Crippen LogP contribution is -2.20. The summed E-state index contributed by atoms with van der Waals surface area (Å²) in [7, 11) is -0.558. The Morgan fingerprint density at radius 2 is 1.58 bits per heavy atom. The van der Waals surface area contributed by atoms with Gasteiger partial charge in [-0.2, -0.15) is 0 Å². The number of unbranched alkanes of at least 4 members (excludes halogenated alkanes) is 5. The van der Waals surface area contributed by atoms with Gasteiger partial charge in [0.25, 0.3) is 0 Å². The van der Waals surface area contributed by atoms with E-state index in [9.17, 15) is 13.2 Å². The third-order valence-corrected chi connectivity index (χ3v) is 11.7. The van der Waals surface area contributed by atoms with Crippen LogP contribution in [0.3, 0.4) is 0 Å². The second kappa shape index (κ2) is 15.9. The number of ether oxygens (including phenoxy) is 1. The van der Waals surface area contributed by atoms with Gasteiger partial charge in [-0.3, -0.25) is 0 Å². The summed E-state index contributed by atoms with van der Waals surface area (Å²) in [6.45, 7) is 1.81. The van der Waals surface area contributed by atoms with Crippen LogP contribution in [0.5, 0.6) is 5.75 Å². The molecule has 2 aromatic carbocycles. The Hall–Kier alpha value is -1.27. The van der Waals surface area contributed by atoms with Gasteiger partial charge in [0.15, 0.2) is 17.4 Å². The van der Waals surface area contributed by atoms with Crippen LogP contribution in [0.1, 0.15) is 82.6 Å². The molecule has 3 rings (SSSR count). The highest BCUT2D eigenvalue weighted by atomic mass is 79.9. The molecule has 200 valence electrons. The normalized spacial score (nSPS) is 18.8. The summed E-state index contributed by atoms with van der Waals surface area (Å²) in [5.74, 6) is -1.45. The van der Waals surface area contributed by atoms with Crippen LogP contribution in [0.4, 0.5) is 13.2 Å². The fourth-order valence-electron chi connectivity index (χ4n) is 5.35. The molecule has 0 aromatic heterocycles. The van der Waals surface area contributed by atoms with E-state index in [4.69, 9.17) is 4.74 Å². The molecule has 1 fully saturated rings. The van der Waals surface area contributed by atoms with Gasteiger partial charge in [-0.1, -0.05) is 104 Å². The summed E-state index contributed by atoms with van der Waals surface area (Å²) in [5.41, 5.74) is 2.58. The van der Waals surface area contributed by atoms with E-state index in [-0.39, 0.29) is 6.61 Å². The molecule has 1 aliphatic heterocycles. The average Bonchev–Trinajstić information content (AvgIpc) is 2.88. The summed E-state index contributed by atoms with van der Waals surface area (Å²) < 4.78 is 48.7. The van der Waals surface area contributed by atoms with E-state index in [0.717, 1.165) is 43.0 Å². The Labute approximate surface area is 226 Å². The Bertz CT molecular complexity index is 877. The van der Waals surface area contributed by atoms with Crippen molar-refractivity contribution in [3.05, 3.63) is 53.6 Å². The van der Waals surface area contributed by atoms with E-state index < -0.39 is 32.4 Å². The lowest BCUT2D eigenvalue weighted by Gasteiger charge is -2.28. The molecule has 0 spiro atoms. The predicted octanol–water partition coefficient (Wildman–Crippen LogP) is 9.99. The Morgan fingerprint density at radius 1 is 0.917 bits per heavy atom. The van der Waals surface area contributed by atoms with Crippen LogP contribution in [0.2, 0.25) is 18.1 Å². The molecule has 0 aliphatic carbocycles. The molecule has 6 heteroatoms. The summed E-state index contributed by atoms with van der Waals surface area (Å²) >= 11 is 3.53. The second-order valence-corrected chi connectivity index (χ2v) is 14.7. The molecule has 1 atom stereocenters. The van der Waals surface area contributed by atoms with Crippen LogP contribution in [0.15, 0.2) is 36.4 Å². The van der Waals surface area contributed by atoms with E-state index >= 15 is 0 Å². The topological polar surface area (TPSA) is 9.23 Å². The van der Waals surface area contributed by atoms with E-state index in [2.05, 4.69) is 35.0 Å². The SMILES string of the molecule is CCCCCCCC(F)COc1c(F)cc(-c2ccc(C3CC[SiH](CCCCBr)CC3)cc2)cc1F. The maximum absolute atomic E-state index is 14.7. The van der Waals surface area contributed by atoms with Gasteiger partial charge in [-0.25, -0.2) is 13.2 Å². The summed E-state index contributed by atoms with van der Waals surface area (Å²) in [4.78, 5) is 0. The van der Waals surface area contributed by atoms with Crippen molar-refractivity contribution in [2.75, 3.05) is 11.9 Å². The van der Waals surface area contributed by atoms with Crippen molar-refractivity contribution in [1.82, 2.24) is 0 Å². The lowest BCUT2D eigenvalue weighted by atomic mass is 9.92.